The molecule has 0 N–H and O–H groups in total. The van der Waals surface area contributed by atoms with E-state index >= 15 is 0 Å². The van der Waals surface area contributed by atoms with E-state index in [4.69, 9.17) is 9.78 Å². The average Bonchev–Trinajstić information content (AvgIpc) is 2.63. The fraction of sp³-hybridized carbons (Fsp3) is 0.400. The van der Waals surface area contributed by atoms with Gasteiger partial charge in [-0.15, -0.1) is 0 Å². The Kier molecular flexibility index (Phi) is 6.21. The molecule has 0 aliphatic carbocycles. The average molecular weight is 329 g/mol. The third-order valence-electron chi connectivity index (χ3n) is 4.53. The summed E-state index contributed by atoms with van der Waals surface area (Å²) in [6, 6.07) is 16.4. The molecule has 0 saturated carbocycles. The van der Waals surface area contributed by atoms with Gasteiger partial charge in [0.1, 0.15) is 5.82 Å². The highest BCUT2D eigenvalue weighted by molar-refractivity contribution is 5.20. The fourth-order valence-corrected chi connectivity index (χ4v) is 3.08. The predicted octanol–water partition coefficient (Wildman–Crippen LogP) is 4.44. The predicted molar refractivity (Wildman–Crippen MR) is 92.0 cm³/mol. The summed E-state index contributed by atoms with van der Waals surface area (Å²) in [7, 11) is 0. The van der Waals surface area contributed by atoms with Crippen LogP contribution in [0.3, 0.4) is 0 Å². The Balaban J connectivity index is 1.31. The number of likely N-dealkylation sites (tertiary alicyclic amines) is 1. The maximum absolute atomic E-state index is 12.9. The highest BCUT2D eigenvalue weighted by Crippen LogP contribution is 2.22. The van der Waals surface area contributed by atoms with Gasteiger partial charge in [-0.1, -0.05) is 30.3 Å². The van der Waals surface area contributed by atoms with Gasteiger partial charge in [-0.25, -0.2) is 4.39 Å². The molecule has 0 amide bonds. The van der Waals surface area contributed by atoms with Gasteiger partial charge in [0.05, 0.1) is 6.61 Å². The molecule has 2 aromatic rings. The van der Waals surface area contributed by atoms with Gasteiger partial charge in [0.2, 0.25) is 0 Å². The monoisotopic (exact) mass is 329 g/mol. The lowest BCUT2D eigenvalue weighted by Gasteiger charge is -2.31. The van der Waals surface area contributed by atoms with Crippen LogP contribution in [0.25, 0.3) is 0 Å². The van der Waals surface area contributed by atoms with Crippen molar-refractivity contribution in [1.29, 1.82) is 0 Å². The van der Waals surface area contributed by atoms with Gasteiger partial charge in [-0.2, -0.15) is 4.89 Å². The number of rotatable bonds is 7. The lowest BCUT2D eigenvalue weighted by atomic mass is 9.94. The molecule has 0 radical (unpaired) electrons. The molecule has 0 bridgehead atoms. The number of halogens is 1. The summed E-state index contributed by atoms with van der Waals surface area (Å²) < 4.78 is 12.9. The van der Waals surface area contributed by atoms with E-state index in [2.05, 4.69) is 4.90 Å². The Labute approximate surface area is 142 Å². The number of hydrogen-bond acceptors (Lipinski definition) is 3. The van der Waals surface area contributed by atoms with Crippen molar-refractivity contribution < 1.29 is 14.2 Å². The molecule has 3 nitrogen and oxygen atoms in total. The molecule has 0 unspecified atom stereocenters. The van der Waals surface area contributed by atoms with Gasteiger partial charge in [0, 0.05) is 6.54 Å². The molecule has 4 heteroatoms. The first-order valence-corrected chi connectivity index (χ1v) is 8.61. The summed E-state index contributed by atoms with van der Waals surface area (Å²) in [5.74, 6) is 1.26. The third kappa shape index (κ3) is 5.32. The van der Waals surface area contributed by atoms with Crippen molar-refractivity contribution in [2.75, 3.05) is 19.7 Å². The zero-order chi connectivity index (χ0) is 16.6. The smallest absolute Gasteiger partial charge is 0.165 e. The molecule has 24 heavy (non-hydrogen) atoms. The Morgan fingerprint density at radius 2 is 1.67 bits per heavy atom. The van der Waals surface area contributed by atoms with Crippen LogP contribution in [0.4, 0.5) is 4.39 Å². The first kappa shape index (κ1) is 16.9. The maximum Gasteiger partial charge on any atom is 0.165 e. The molecule has 3 rings (SSSR count). The zero-order valence-corrected chi connectivity index (χ0v) is 13.9. The summed E-state index contributed by atoms with van der Waals surface area (Å²) >= 11 is 0. The largest absolute Gasteiger partial charge is 0.338 e. The van der Waals surface area contributed by atoms with Crippen molar-refractivity contribution in [1.82, 2.24) is 4.90 Å². The first-order valence-electron chi connectivity index (χ1n) is 8.61. The summed E-state index contributed by atoms with van der Waals surface area (Å²) in [6.45, 7) is 3.70. The molecular formula is C20H24FNO2. The summed E-state index contributed by atoms with van der Waals surface area (Å²) in [5.41, 5.74) is 1.18. The van der Waals surface area contributed by atoms with Crippen LogP contribution in [0.1, 0.15) is 24.8 Å². The summed E-state index contributed by atoms with van der Waals surface area (Å²) in [5, 5.41) is 0. The molecule has 1 heterocycles. The molecule has 1 aliphatic rings. The molecule has 1 saturated heterocycles. The van der Waals surface area contributed by atoms with E-state index in [9.17, 15) is 4.39 Å². The first-order chi connectivity index (χ1) is 11.8. The van der Waals surface area contributed by atoms with Gasteiger partial charge in [-0.05, 0) is 68.1 Å². The minimum absolute atomic E-state index is 0.171. The number of nitrogens with zero attached hydrogens (tertiary/aromatic N) is 1. The number of para-hydroxylation sites is 1. The SMILES string of the molecule is Fc1ccc(CN2CCC(CCOOc3ccccc3)CC2)cc1. The van der Waals surface area contributed by atoms with Gasteiger partial charge >= 0.3 is 0 Å². The van der Waals surface area contributed by atoms with Crippen LogP contribution in [-0.2, 0) is 11.4 Å². The zero-order valence-electron chi connectivity index (χ0n) is 13.9. The minimum Gasteiger partial charge on any atom is -0.338 e. The van der Waals surface area contributed by atoms with E-state index < -0.39 is 0 Å². The molecule has 1 fully saturated rings. The third-order valence-corrected chi connectivity index (χ3v) is 4.53. The number of hydrogen-bond donors (Lipinski definition) is 0. The molecule has 128 valence electrons. The van der Waals surface area contributed by atoms with Crippen LogP contribution in [0.15, 0.2) is 54.6 Å². The number of piperidine rings is 1. The standard InChI is InChI=1S/C20H24FNO2/c21-19-8-6-18(7-9-19)16-22-13-10-17(11-14-22)12-15-23-24-20-4-2-1-3-5-20/h1-9,17H,10-16H2. The van der Waals surface area contributed by atoms with Crippen LogP contribution in [-0.4, -0.2) is 24.6 Å². The normalized spacial score (nSPS) is 16.2. The van der Waals surface area contributed by atoms with Gasteiger partial charge in [-0.3, -0.25) is 4.90 Å². The second-order valence-corrected chi connectivity index (χ2v) is 6.35. The van der Waals surface area contributed by atoms with E-state index in [0.29, 0.717) is 12.5 Å². The Bertz CT molecular complexity index is 595. The topological polar surface area (TPSA) is 21.7 Å². The highest BCUT2D eigenvalue weighted by atomic mass is 19.1. The Morgan fingerprint density at radius 3 is 2.38 bits per heavy atom. The van der Waals surface area contributed by atoms with E-state index in [-0.39, 0.29) is 5.82 Å². The lowest BCUT2D eigenvalue weighted by Crippen LogP contribution is -2.33. The van der Waals surface area contributed by atoms with Crippen molar-refractivity contribution >= 4 is 0 Å². The summed E-state index contributed by atoms with van der Waals surface area (Å²) in [4.78, 5) is 13.0. The molecule has 0 aromatic heterocycles. The fourth-order valence-electron chi connectivity index (χ4n) is 3.08. The second-order valence-electron chi connectivity index (χ2n) is 6.35. The Hall–Kier alpha value is -1.91. The van der Waals surface area contributed by atoms with Crippen LogP contribution < -0.4 is 4.89 Å². The minimum atomic E-state index is -0.171. The van der Waals surface area contributed by atoms with E-state index in [1.165, 1.54) is 30.5 Å². The Morgan fingerprint density at radius 1 is 0.958 bits per heavy atom. The molecule has 0 spiro atoms. The van der Waals surface area contributed by atoms with E-state index in [0.717, 1.165) is 31.8 Å². The van der Waals surface area contributed by atoms with Gasteiger partial charge in [0.25, 0.3) is 0 Å². The van der Waals surface area contributed by atoms with Crippen LogP contribution >= 0.6 is 0 Å². The van der Waals surface area contributed by atoms with Crippen LogP contribution in [0.2, 0.25) is 0 Å². The molecule has 0 atom stereocenters. The van der Waals surface area contributed by atoms with E-state index in [1.54, 1.807) is 0 Å². The van der Waals surface area contributed by atoms with Crippen molar-refractivity contribution in [3.8, 4) is 5.75 Å². The maximum atomic E-state index is 12.9. The van der Waals surface area contributed by atoms with Crippen LogP contribution in [0, 0.1) is 11.7 Å². The quantitative estimate of drug-likeness (QED) is 0.426. The van der Waals surface area contributed by atoms with Crippen molar-refractivity contribution in [2.24, 2.45) is 5.92 Å². The van der Waals surface area contributed by atoms with Crippen molar-refractivity contribution in [3.05, 3.63) is 66.0 Å². The summed E-state index contributed by atoms with van der Waals surface area (Å²) in [6.07, 6.45) is 3.38. The highest BCUT2D eigenvalue weighted by Gasteiger charge is 2.19. The molecular weight excluding hydrogens is 305 g/mol. The second kappa shape index (κ2) is 8.81. The van der Waals surface area contributed by atoms with Crippen molar-refractivity contribution in [3.63, 3.8) is 0 Å². The molecule has 2 aromatic carbocycles. The van der Waals surface area contributed by atoms with Gasteiger partial charge < -0.3 is 4.89 Å². The van der Waals surface area contributed by atoms with E-state index in [1.807, 2.05) is 42.5 Å². The van der Waals surface area contributed by atoms with Gasteiger partial charge in [0.15, 0.2) is 5.75 Å². The van der Waals surface area contributed by atoms with Crippen molar-refractivity contribution in [2.45, 2.75) is 25.8 Å². The number of benzene rings is 2. The van der Waals surface area contributed by atoms with Crippen LogP contribution in [0.5, 0.6) is 5.75 Å². The lowest BCUT2D eigenvalue weighted by molar-refractivity contribution is -0.209. The molecule has 1 aliphatic heterocycles.